The first-order valence-corrected chi connectivity index (χ1v) is 10.9. The third kappa shape index (κ3) is 15.0. The van der Waals surface area contributed by atoms with Gasteiger partial charge in [0.1, 0.15) is 0 Å². The Kier molecular flexibility index (Phi) is 15.1. The zero-order chi connectivity index (χ0) is 19.4. The van der Waals surface area contributed by atoms with Gasteiger partial charge in [-0.3, -0.25) is 4.98 Å². The summed E-state index contributed by atoms with van der Waals surface area (Å²) >= 11 is 0. The molecule has 2 amide bonds. The van der Waals surface area contributed by atoms with Crippen molar-refractivity contribution in [2.75, 3.05) is 11.9 Å². The van der Waals surface area contributed by atoms with Crippen LogP contribution in [0.2, 0.25) is 0 Å². The second-order valence-corrected chi connectivity index (χ2v) is 7.21. The molecule has 0 radical (unpaired) electrons. The molecule has 1 aromatic rings. The average molecular weight is 374 g/mol. The number of hydrogen-bond donors (Lipinski definition) is 2. The van der Waals surface area contributed by atoms with Gasteiger partial charge in [-0.2, -0.15) is 0 Å². The van der Waals surface area contributed by atoms with Crippen LogP contribution in [0.15, 0.2) is 36.7 Å². The lowest BCUT2D eigenvalue weighted by Crippen LogP contribution is -2.29. The minimum Gasteiger partial charge on any atom is -0.338 e. The number of pyridine rings is 1. The van der Waals surface area contributed by atoms with Gasteiger partial charge in [0.2, 0.25) is 0 Å². The van der Waals surface area contributed by atoms with Crippen LogP contribution in [0.1, 0.15) is 90.4 Å². The molecule has 0 atom stereocenters. The third-order valence-corrected chi connectivity index (χ3v) is 4.64. The molecule has 0 bridgehead atoms. The Morgan fingerprint density at radius 1 is 0.926 bits per heavy atom. The van der Waals surface area contributed by atoms with E-state index >= 15 is 0 Å². The Hall–Kier alpha value is -1.84. The standard InChI is InChI=1S/C23H39N3O/c1-2-3-4-5-6-7-8-9-10-11-12-13-14-15-16-20-25-23(27)26-22-18-17-19-24-21-22/h9-10,17-19,21H,2-8,11-16,20H2,1H3,(H2,25,26,27)/b10-9-. The van der Waals surface area contributed by atoms with Gasteiger partial charge in [0.15, 0.2) is 0 Å². The fourth-order valence-corrected chi connectivity index (χ4v) is 3.01. The summed E-state index contributed by atoms with van der Waals surface area (Å²) in [6, 6.07) is 3.48. The number of nitrogens with zero attached hydrogens (tertiary/aromatic N) is 1. The number of anilines is 1. The summed E-state index contributed by atoms with van der Waals surface area (Å²) in [5.41, 5.74) is 0.722. The van der Waals surface area contributed by atoms with Crippen LogP contribution in [0.4, 0.5) is 10.5 Å². The van der Waals surface area contributed by atoms with E-state index in [0.29, 0.717) is 0 Å². The fourth-order valence-electron chi connectivity index (χ4n) is 3.01. The lowest BCUT2D eigenvalue weighted by molar-refractivity contribution is 0.252. The Bertz CT molecular complexity index is 488. The Morgan fingerprint density at radius 3 is 2.19 bits per heavy atom. The summed E-state index contributed by atoms with van der Waals surface area (Å²) in [5.74, 6) is 0. The van der Waals surface area contributed by atoms with Crippen molar-refractivity contribution >= 4 is 11.7 Å². The predicted octanol–water partition coefficient (Wildman–Crippen LogP) is 6.85. The quantitative estimate of drug-likeness (QED) is 0.246. The van der Waals surface area contributed by atoms with Crippen molar-refractivity contribution in [2.24, 2.45) is 0 Å². The number of carbonyl (C=O) groups is 1. The molecule has 2 N–H and O–H groups in total. The van der Waals surface area contributed by atoms with E-state index in [0.717, 1.165) is 18.7 Å². The monoisotopic (exact) mass is 373 g/mol. The first kappa shape index (κ1) is 23.2. The van der Waals surface area contributed by atoms with Crippen LogP contribution in [0, 0.1) is 0 Å². The van der Waals surface area contributed by atoms with Crippen molar-refractivity contribution in [3.8, 4) is 0 Å². The van der Waals surface area contributed by atoms with E-state index < -0.39 is 0 Å². The van der Waals surface area contributed by atoms with Crippen molar-refractivity contribution in [1.29, 1.82) is 0 Å². The van der Waals surface area contributed by atoms with E-state index in [1.54, 1.807) is 18.5 Å². The van der Waals surface area contributed by atoms with Gasteiger partial charge in [0, 0.05) is 12.7 Å². The Balaban J connectivity index is 1.81. The first-order chi connectivity index (χ1) is 13.3. The lowest BCUT2D eigenvalue weighted by atomic mass is 10.1. The van der Waals surface area contributed by atoms with Gasteiger partial charge in [-0.15, -0.1) is 0 Å². The number of aromatic nitrogens is 1. The summed E-state index contributed by atoms with van der Waals surface area (Å²) in [4.78, 5) is 15.7. The number of amides is 2. The largest absolute Gasteiger partial charge is 0.338 e. The Labute approximate surface area is 166 Å². The van der Waals surface area contributed by atoms with Crippen LogP contribution >= 0.6 is 0 Å². The molecule has 0 aliphatic heterocycles. The van der Waals surface area contributed by atoms with E-state index in [-0.39, 0.29) is 6.03 Å². The summed E-state index contributed by atoms with van der Waals surface area (Å²) < 4.78 is 0. The molecule has 1 heterocycles. The maximum atomic E-state index is 11.7. The molecule has 0 aromatic carbocycles. The second-order valence-electron chi connectivity index (χ2n) is 7.21. The molecule has 4 heteroatoms. The number of nitrogens with one attached hydrogen (secondary N) is 2. The van der Waals surface area contributed by atoms with E-state index in [2.05, 4.69) is 34.7 Å². The zero-order valence-electron chi connectivity index (χ0n) is 17.2. The van der Waals surface area contributed by atoms with E-state index in [4.69, 9.17) is 0 Å². The molecule has 1 rings (SSSR count). The highest BCUT2D eigenvalue weighted by Crippen LogP contribution is 2.09. The molecular formula is C23H39N3O. The fraction of sp³-hybridized carbons (Fsp3) is 0.652. The van der Waals surface area contributed by atoms with Gasteiger partial charge in [0.25, 0.3) is 0 Å². The van der Waals surface area contributed by atoms with Crippen LogP contribution < -0.4 is 10.6 Å². The van der Waals surface area contributed by atoms with Crippen LogP contribution in [0.5, 0.6) is 0 Å². The number of hydrogen-bond acceptors (Lipinski definition) is 2. The van der Waals surface area contributed by atoms with Gasteiger partial charge in [-0.05, 0) is 44.2 Å². The topological polar surface area (TPSA) is 54.0 Å². The highest BCUT2D eigenvalue weighted by atomic mass is 16.2. The van der Waals surface area contributed by atoms with Crippen molar-refractivity contribution in [3.05, 3.63) is 36.7 Å². The van der Waals surface area contributed by atoms with Crippen LogP contribution in [0.3, 0.4) is 0 Å². The lowest BCUT2D eigenvalue weighted by Gasteiger charge is -2.07. The molecule has 0 aliphatic rings. The van der Waals surface area contributed by atoms with Gasteiger partial charge in [-0.25, -0.2) is 4.79 Å². The molecule has 0 saturated carbocycles. The minimum atomic E-state index is -0.154. The highest BCUT2D eigenvalue weighted by Gasteiger charge is 2.00. The molecule has 0 fully saturated rings. The summed E-state index contributed by atoms with van der Waals surface area (Å²) in [6.45, 7) is 2.99. The minimum absolute atomic E-state index is 0.154. The molecule has 0 spiro atoms. The smallest absolute Gasteiger partial charge is 0.319 e. The summed E-state index contributed by atoms with van der Waals surface area (Å²) in [5, 5.41) is 5.66. The molecular weight excluding hydrogens is 334 g/mol. The highest BCUT2D eigenvalue weighted by molar-refractivity contribution is 5.88. The van der Waals surface area contributed by atoms with Crippen molar-refractivity contribution in [3.63, 3.8) is 0 Å². The van der Waals surface area contributed by atoms with Crippen molar-refractivity contribution in [2.45, 2.75) is 90.4 Å². The number of allylic oxidation sites excluding steroid dienone is 2. The average Bonchev–Trinajstić information content (AvgIpc) is 2.68. The molecule has 0 saturated heterocycles. The maximum Gasteiger partial charge on any atom is 0.319 e. The molecule has 1 aromatic heterocycles. The summed E-state index contributed by atoms with van der Waals surface area (Å²) in [7, 11) is 0. The van der Waals surface area contributed by atoms with Gasteiger partial charge in [-0.1, -0.05) is 70.4 Å². The van der Waals surface area contributed by atoms with Gasteiger partial charge < -0.3 is 10.6 Å². The number of rotatable bonds is 16. The maximum absolute atomic E-state index is 11.7. The van der Waals surface area contributed by atoms with Crippen LogP contribution in [-0.4, -0.2) is 17.6 Å². The van der Waals surface area contributed by atoms with Gasteiger partial charge in [0.05, 0.1) is 11.9 Å². The van der Waals surface area contributed by atoms with Crippen LogP contribution in [0.25, 0.3) is 0 Å². The normalized spacial score (nSPS) is 11.0. The van der Waals surface area contributed by atoms with E-state index in [1.165, 1.54) is 77.0 Å². The number of unbranched alkanes of at least 4 members (excludes halogenated alkanes) is 11. The third-order valence-electron chi connectivity index (χ3n) is 4.64. The number of carbonyl (C=O) groups excluding carboxylic acids is 1. The van der Waals surface area contributed by atoms with Gasteiger partial charge >= 0.3 is 6.03 Å². The van der Waals surface area contributed by atoms with Crippen molar-refractivity contribution < 1.29 is 4.79 Å². The molecule has 152 valence electrons. The first-order valence-electron chi connectivity index (χ1n) is 10.9. The molecule has 0 aliphatic carbocycles. The zero-order valence-corrected chi connectivity index (χ0v) is 17.2. The predicted molar refractivity (Wildman–Crippen MR) is 116 cm³/mol. The van der Waals surface area contributed by atoms with E-state index in [9.17, 15) is 4.79 Å². The summed E-state index contributed by atoms with van der Waals surface area (Å²) in [6.07, 6.45) is 24.8. The van der Waals surface area contributed by atoms with Crippen molar-refractivity contribution in [1.82, 2.24) is 10.3 Å². The second kappa shape index (κ2) is 17.6. The van der Waals surface area contributed by atoms with Crippen LogP contribution in [-0.2, 0) is 0 Å². The number of urea groups is 1. The molecule has 0 unspecified atom stereocenters. The molecule has 27 heavy (non-hydrogen) atoms. The van der Waals surface area contributed by atoms with E-state index in [1.807, 2.05) is 6.07 Å². The molecule has 4 nitrogen and oxygen atoms in total. The SMILES string of the molecule is CCCCCCCC/C=C\CCCCCCCNC(=O)Nc1cccnc1. The Morgan fingerprint density at radius 2 is 1.56 bits per heavy atom.